The molecule has 17 heavy (non-hydrogen) atoms. The summed E-state index contributed by atoms with van der Waals surface area (Å²) in [6.07, 6.45) is 0. The van der Waals surface area contributed by atoms with Crippen LogP contribution in [0.4, 0.5) is 0 Å². The number of aromatic hydroxyl groups is 1. The first-order valence-electron chi connectivity index (χ1n) is 5.32. The van der Waals surface area contributed by atoms with Crippen molar-refractivity contribution >= 4 is 21.7 Å². The molecule has 0 spiro atoms. The summed E-state index contributed by atoms with van der Waals surface area (Å²) in [5.41, 5.74) is 0.396. The number of fused-ring (bicyclic) bond motifs is 3. The first kappa shape index (κ1) is 9.90. The molecule has 0 unspecified atom stereocenters. The molecule has 0 aliphatic carbocycles. The zero-order valence-corrected chi connectivity index (χ0v) is 9.23. The minimum absolute atomic E-state index is 0.101. The number of phenolic OH excluding ortho intramolecular Hbond substituents is 1. The van der Waals surface area contributed by atoms with E-state index >= 15 is 0 Å². The molecule has 0 aliphatic rings. The minimum atomic E-state index is -0.134. The van der Waals surface area contributed by atoms with Crippen LogP contribution >= 0.6 is 0 Å². The Morgan fingerprint density at radius 3 is 2.53 bits per heavy atom. The van der Waals surface area contributed by atoms with Crippen molar-refractivity contribution in [2.75, 3.05) is 0 Å². The zero-order chi connectivity index (χ0) is 12.0. The molecule has 1 aromatic heterocycles. The summed E-state index contributed by atoms with van der Waals surface area (Å²) in [6.45, 7) is 1.74. The van der Waals surface area contributed by atoms with Gasteiger partial charge in [-0.1, -0.05) is 24.3 Å². The van der Waals surface area contributed by atoms with Gasteiger partial charge >= 0.3 is 0 Å². The number of benzene rings is 2. The van der Waals surface area contributed by atoms with E-state index in [1.807, 2.05) is 18.2 Å². The second-order valence-electron chi connectivity index (χ2n) is 4.04. The fourth-order valence-corrected chi connectivity index (χ4v) is 2.08. The van der Waals surface area contributed by atoms with Crippen LogP contribution in [0.5, 0.6) is 5.75 Å². The summed E-state index contributed by atoms with van der Waals surface area (Å²) in [4.78, 5) is 11.8. The van der Waals surface area contributed by atoms with E-state index in [9.17, 15) is 9.90 Å². The van der Waals surface area contributed by atoms with E-state index in [1.165, 1.54) is 12.1 Å². The Hall–Kier alpha value is -2.29. The molecule has 0 atom stereocenters. The Bertz CT molecular complexity index is 784. The molecule has 0 aliphatic heterocycles. The maximum atomic E-state index is 11.8. The summed E-state index contributed by atoms with van der Waals surface area (Å²) in [5, 5.41) is 11.7. The Morgan fingerprint density at radius 1 is 1.06 bits per heavy atom. The maximum absolute atomic E-state index is 11.8. The highest BCUT2D eigenvalue weighted by molar-refractivity contribution is 6.06. The van der Waals surface area contributed by atoms with Gasteiger partial charge in [-0.15, -0.1) is 0 Å². The third-order valence-electron chi connectivity index (χ3n) is 2.84. The quantitative estimate of drug-likeness (QED) is 0.599. The van der Waals surface area contributed by atoms with Crippen molar-refractivity contribution in [3.05, 3.63) is 52.4 Å². The van der Waals surface area contributed by atoms with Crippen LogP contribution in [0, 0.1) is 6.92 Å². The van der Waals surface area contributed by atoms with E-state index in [0.29, 0.717) is 22.1 Å². The molecule has 0 bridgehead atoms. The fraction of sp³-hybridized carbons (Fsp3) is 0.0714. The highest BCUT2D eigenvalue weighted by atomic mass is 16.3. The monoisotopic (exact) mass is 226 g/mol. The molecule has 0 saturated carbocycles. The summed E-state index contributed by atoms with van der Waals surface area (Å²) >= 11 is 0. The average Bonchev–Trinajstić information content (AvgIpc) is 2.31. The Kier molecular flexibility index (Phi) is 1.95. The van der Waals surface area contributed by atoms with Crippen molar-refractivity contribution in [2.45, 2.75) is 6.92 Å². The van der Waals surface area contributed by atoms with Crippen LogP contribution in [0.15, 0.2) is 45.6 Å². The molecule has 1 N–H and O–H groups in total. The van der Waals surface area contributed by atoms with Gasteiger partial charge in [0, 0.05) is 16.8 Å². The van der Waals surface area contributed by atoms with Crippen LogP contribution in [-0.4, -0.2) is 5.11 Å². The van der Waals surface area contributed by atoms with Crippen molar-refractivity contribution in [3.63, 3.8) is 0 Å². The first-order valence-corrected chi connectivity index (χ1v) is 5.32. The molecule has 3 heteroatoms. The normalized spacial score (nSPS) is 11.1. The second-order valence-corrected chi connectivity index (χ2v) is 4.04. The van der Waals surface area contributed by atoms with E-state index in [0.717, 1.165) is 5.39 Å². The van der Waals surface area contributed by atoms with Crippen LogP contribution in [0.3, 0.4) is 0 Å². The smallest absolute Gasteiger partial charge is 0.193 e. The molecule has 3 aromatic rings. The summed E-state index contributed by atoms with van der Waals surface area (Å²) < 4.78 is 5.60. The SMILES string of the molecule is Cc1cc(=O)c2cc(O)c3ccccc3c2o1. The Balaban J connectivity index is 2.68. The van der Waals surface area contributed by atoms with Gasteiger partial charge in [0.2, 0.25) is 0 Å². The van der Waals surface area contributed by atoms with E-state index in [-0.39, 0.29) is 11.2 Å². The molecule has 0 amide bonds. The summed E-state index contributed by atoms with van der Waals surface area (Å²) in [5.74, 6) is 0.669. The second kappa shape index (κ2) is 3.35. The van der Waals surface area contributed by atoms with Crippen molar-refractivity contribution in [1.82, 2.24) is 0 Å². The number of phenols is 1. The summed E-state index contributed by atoms with van der Waals surface area (Å²) in [7, 11) is 0. The van der Waals surface area contributed by atoms with Gasteiger partial charge < -0.3 is 9.52 Å². The van der Waals surface area contributed by atoms with Crippen LogP contribution in [0.1, 0.15) is 5.76 Å². The van der Waals surface area contributed by atoms with Crippen LogP contribution in [0.25, 0.3) is 21.7 Å². The van der Waals surface area contributed by atoms with Crippen molar-refractivity contribution in [1.29, 1.82) is 0 Å². The lowest BCUT2D eigenvalue weighted by atomic mass is 10.1. The zero-order valence-electron chi connectivity index (χ0n) is 9.23. The number of aryl methyl sites for hydroxylation is 1. The van der Waals surface area contributed by atoms with Crippen molar-refractivity contribution in [2.24, 2.45) is 0 Å². The van der Waals surface area contributed by atoms with Gasteiger partial charge in [-0.25, -0.2) is 0 Å². The number of hydrogen-bond donors (Lipinski definition) is 1. The minimum Gasteiger partial charge on any atom is -0.507 e. The maximum Gasteiger partial charge on any atom is 0.193 e. The fourth-order valence-electron chi connectivity index (χ4n) is 2.08. The molecule has 84 valence electrons. The number of rotatable bonds is 0. The molecule has 1 heterocycles. The topological polar surface area (TPSA) is 50.4 Å². The lowest BCUT2D eigenvalue weighted by Gasteiger charge is -2.05. The van der Waals surface area contributed by atoms with Crippen LogP contribution < -0.4 is 5.43 Å². The van der Waals surface area contributed by atoms with E-state index in [4.69, 9.17) is 4.42 Å². The molecule has 0 saturated heterocycles. The van der Waals surface area contributed by atoms with Gasteiger partial charge in [0.25, 0.3) is 0 Å². The third kappa shape index (κ3) is 1.40. The largest absolute Gasteiger partial charge is 0.507 e. The van der Waals surface area contributed by atoms with Crippen LogP contribution in [0.2, 0.25) is 0 Å². The van der Waals surface area contributed by atoms with Crippen molar-refractivity contribution in [3.8, 4) is 5.75 Å². The Morgan fingerprint density at radius 2 is 1.76 bits per heavy atom. The highest BCUT2D eigenvalue weighted by Crippen LogP contribution is 2.31. The molecule has 0 radical (unpaired) electrons. The first-order chi connectivity index (χ1) is 8.16. The van der Waals surface area contributed by atoms with Gasteiger partial charge in [-0.2, -0.15) is 0 Å². The molecule has 3 rings (SSSR count). The standard InChI is InChI=1S/C14H10O3/c1-8-6-12(15)11-7-13(16)9-4-2-3-5-10(9)14(11)17-8/h2-7,16H,1H3. The highest BCUT2D eigenvalue weighted by Gasteiger charge is 2.10. The lowest BCUT2D eigenvalue weighted by molar-refractivity contribution is 0.481. The van der Waals surface area contributed by atoms with Gasteiger partial charge in [-0.05, 0) is 13.0 Å². The molecular formula is C14H10O3. The third-order valence-corrected chi connectivity index (χ3v) is 2.84. The van der Waals surface area contributed by atoms with E-state index in [1.54, 1.807) is 13.0 Å². The number of hydrogen-bond acceptors (Lipinski definition) is 3. The van der Waals surface area contributed by atoms with Gasteiger partial charge in [-0.3, -0.25) is 4.79 Å². The molecule has 0 fully saturated rings. The predicted molar refractivity (Wildman–Crippen MR) is 66.4 cm³/mol. The van der Waals surface area contributed by atoms with Gasteiger partial charge in [0.05, 0.1) is 5.39 Å². The molecule has 3 nitrogen and oxygen atoms in total. The molecule has 2 aromatic carbocycles. The molecular weight excluding hydrogens is 216 g/mol. The van der Waals surface area contributed by atoms with Crippen LogP contribution in [-0.2, 0) is 0 Å². The van der Waals surface area contributed by atoms with Gasteiger partial charge in [0.1, 0.15) is 17.1 Å². The van der Waals surface area contributed by atoms with Crippen molar-refractivity contribution < 1.29 is 9.52 Å². The van der Waals surface area contributed by atoms with E-state index < -0.39 is 0 Å². The average molecular weight is 226 g/mol. The lowest BCUT2D eigenvalue weighted by Crippen LogP contribution is -2.00. The van der Waals surface area contributed by atoms with E-state index in [2.05, 4.69) is 0 Å². The Labute approximate surface area is 96.9 Å². The predicted octanol–water partition coefficient (Wildman–Crippen LogP) is 2.96. The van der Waals surface area contributed by atoms with Gasteiger partial charge in [0.15, 0.2) is 5.43 Å². The summed E-state index contributed by atoms with van der Waals surface area (Å²) in [6, 6.07) is 10.2.